The van der Waals surface area contributed by atoms with E-state index in [2.05, 4.69) is 61.8 Å². The number of benzene rings is 2. The largest absolute Gasteiger partial charge is 0.390 e. The monoisotopic (exact) mass is 567 g/mol. The SMILES string of the molecule is CC(C)(C)S(=O)NC1c2ccccc2CC12CCN(c1ncc(C#CCCc3cccc(C#N)c3)nc1CO)CC2. The van der Waals surface area contributed by atoms with Crippen LogP contribution in [0.3, 0.4) is 0 Å². The number of nitrogens with zero attached hydrogens (tertiary/aromatic N) is 4. The van der Waals surface area contributed by atoms with Gasteiger partial charge in [0, 0.05) is 19.5 Å². The zero-order chi connectivity index (χ0) is 29.0. The van der Waals surface area contributed by atoms with E-state index >= 15 is 0 Å². The molecular formula is C33H37N5O2S. The average molecular weight is 568 g/mol. The number of anilines is 1. The second-order valence-corrected chi connectivity index (χ2v) is 14.0. The predicted octanol–water partition coefficient (Wildman–Crippen LogP) is 4.76. The lowest BCUT2D eigenvalue weighted by molar-refractivity contribution is 0.177. The van der Waals surface area contributed by atoms with Gasteiger partial charge in [-0.2, -0.15) is 5.26 Å². The summed E-state index contributed by atoms with van der Waals surface area (Å²) in [6, 6.07) is 18.3. The standard InChI is InChI=1S/C33H37N5O2S/c1-32(2,3)41(40)37-30-28-14-7-5-12-26(28)20-33(30)15-17-38(18-16-33)31-29(23-39)36-27(22-35-31)13-6-4-9-24-10-8-11-25(19-24)21-34/h5,7-8,10-12,14,19,22,30,37,39H,4,9,15-18,20,23H2,1-3H3. The van der Waals surface area contributed by atoms with Crippen LogP contribution in [-0.2, 0) is 30.4 Å². The van der Waals surface area contributed by atoms with E-state index in [0.29, 0.717) is 29.2 Å². The summed E-state index contributed by atoms with van der Waals surface area (Å²) in [5.74, 6) is 6.93. The zero-order valence-corrected chi connectivity index (χ0v) is 24.8. The quantitative estimate of drug-likeness (QED) is 0.417. The number of aromatic nitrogens is 2. The van der Waals surface area contributed by atoms with Crippen LogP contribution in [0.2, 0.25) is 0 Å². The normalized spacial score (nSPS) is 18.3. The zero-order valence-electron chi connectivity index (χ0n) is 24.0. The summed E-state index contributed by atoms with van der Waals surface area (Å²) >= 11 is 0. The lowest BCUT2D eigenvalue weighted by atomic mass is 9.73. The summed E-state index contributed by atoms with van der Waals surface area (Å²) in [6.07, 6.45) is 5.87. The number of rotatable bonds is 6. The first kappa shape index (κ1) is 29.0. The molecule has 2 N–H and O–H groups in total. The first-order chi connectivity index (χ1) is 19.7. The number of fused-ring (bicyclic) bond motifs is 1. The molecule has 1 aliphatic carbocycles. The first-order valence-corrected chi connectivity index (χ1v) is 15.3. The van der Waals surface area contributed by atoms with Crippen molar-refractivity contribution in [2.75, 3.05) is 18.0 Å². The minimum atomic E-state index is -1.18. The minimum Gasteiger partial charge on any atom is -0.390 e. The lowest BCUT2D eigenvalue weighted by Gasteiger charge is -2.44. The molecule has 2 aliphatic rings. The summed E-state index contributed by atoms with van der Waals surface area (Å²) in [6.45, 7) is 7.37. The molecule has 2 aromatic carbocycles. The molecule has 7 nitrogen and oxygen atoms in total. The van der Waals surface area contributed by atoms with Crippen molar-refractivity contribution in [3.63, 3.8) is 0 Å². The number of hydrogen-bond donors (Lipinski definition) is 2. The second kappa shape index (κ2) is 12.1. The van der Waals surface area contributed by atoms with Gasteiger partial charge in [-0.15, -0.1) is 0 Å². The van der Waals surface area contributed by atoms with Crippen LogP contribution >= 0.6 is 0 Å². The molecule has 3 aromatic rings. The van der Waals surface area contributed by atoms with Crippen LogP contribution < -0.4 is 9.62 Å². The van der Waals surface area contributed by atoms with Gasteiger partial charge in [-0.3, -0.25) is 0 Å². The van der Waals surface area contributed by atoms with Crippen molar-refractivity contribution >= 4 is 16.8 Å². The molecule has 0 radical (unpaired) electrons. The summed E-state index contributed by atoms with van der Waals surface area (Å²) < 4.78 is 16.3. The van der Waals surface area contributed by atoms with E-state index in [1.807, 2.05) is 39.0 Å². The number of nitrogens with one attached hydrogen (secondary N) is 1. The van der Waals surface area contributed by atoms with Crippen molar-refractivity contribution in [1.29, 1.82) is 5.26 Å². The molecule has 2 atom stereocenters. The third-order valence-electron chi connectivity index (χ3n) is 8.14. The van der Waals surface area contributed by atoms with Crippen molar-refractivity contribution in [3.8, 4) is 17.9 Å². The number of aliphatic hydroxyl groups is 1. The van der Waals surface area contributed by atoms with Crippen LogP contribution in [0.25, 0.3) is 0 Å². The molecule has 0 saturated carbocycles. The highest BCUT2D eigenvalue weighted by Crippen LogP contribution is 2.52. The molecule has 2 unspecified atom stereocenters. The van der Waals surface area contributed by atoms with Crippen molar-refractivity contribution in [2.24, 2.45) is 5.41 Å². The molecule has 1 aromatic heterocycles. The summed E-state index contributed by atoms with van der Waals surface area (Å²) in [4.78, 5) is 11.5. The van der Waals surface area contributed by atoms with Gasteiger partial charge in [0.05, 0.1) is 46.2 Å². The number of piperidine rings is 1. The average Bonchev–Trinajstić information content (AvgIpc) is 3.27. The van der Waals surface area contributed by atoms with Gasteiger partial charge in [0.2, 0.25) is 0 Å². The Balaban J connectivity index is 1.27. The van der Waals surface area contributed by atoms with Gasteiger partial charge in [0.1, 0.15) is 11.4 Å². The number of hydrogen-bond acceptors (Lipinski definition) is 6. The van der Waals surface area contributed by atoms with E-state index in [0.717, 1.165) is 44.3 Å². The van der Waals surface area contributed by atoms with Crippen LogP contribution in [-0.4, -0.2) is 37.1 Å². The molecule has 8 heteroatoms. The molecule has 1 fully saturated rings. The maximum atomic E-state index is 13.2. The highest BCUT2D eigenvalue weighted by Gasteiger charge is 2.49. The third-order valence-corrected chi connectivity index (χ3v) is 9.71. The highest BCUT2D eigenvalue weighted by molar-refractivity contribution is 7.84. The Kier molecular flexibility index (Phi) is 8.56. The number of aryl methyl sites for hydroxylation is 1. The molecule has 0 bridgehead atoms. The van der Waals surface area contributed by atoms with Gasteiger partial charge >= 0.3 is 0 Å². The summed E-state index contributed by atoms with van der Waals surface area (Å²) in [5.41, 5.74) is 5.37. The van der Waals surface area contributed by atoms with E-state index in [9.17, 15) is 9.32 Å². The molecule has 41 heavy (non-hydrogen) atoms. The van der Waals surface area contributed by atoms with Gasteiger partial charge < -0.3 is 10.0 Å². The molecule has 0 amide bonds. The molecule has 5 rings (SSSR count). The number of aliphatic hydroxyl groups excluding tert-OH is 1. The molecular weight excluding hydrogens is 530 g/mol. The van der Waals surface area contributed by atoms with Crippen LogP contribution in [0.4, 0.5) is 5.82 Å². The Morgan fingerprint density at radius 3 is 2.68 bits per heavy atom. The van der Waals surface area contributed by atoms with E-state index in [-0.39, 0.29) is 22.8 Å². The maximum Gasteiger partial charge on any atom is 0.152 e. The molecule has 1 aliphatic heterocycles. The van der Waals surface area contributed by atoms with Gasteiger partial charge in [0.25, 0.3) is 0 Å². The van der Waals surface area contributed by atoms with E-state index in [1.54, 1.807) is 12.3 Å². The molecule has 212 valence electrons. The van der Waals surface area contributed by atoms with Gasteiger partial charge in [-0.25, -0.2) is 18.9 Å². The first-order valence-electron chi connectivity index (χ1n) is 14.2. The van der Waals surface area contributed by atoms with Gasteiger partial charge in [-0.1, -0.05) is 42.3 Å². The summed E-state index contributed by atoms with van der Waals surface area (Å²) in [7, 11) is -1.18. The second-order valence-electron chi connectivity index (χ2n) is 12.0. The van der Waals surface area contributed by atoms with Gasteiger partial charge in [0.15, 0.2) is 5.82 Å². The predicted molar refractivity (Wildman–Crippen MR) is 162 cm³/mol. The lowest BCUT2D eigenvalue weighted by Crippen LogP contribution is -2.48. The topological polar surface area (TPSA) is 102 Å². The van der Waals surface area contributed by atoms with Crippen LogP contribution in [0, 0.1) is 28.6 Å². The van der Waals surface area contributed by atoms with E-state index < -0.39 is 11.0 Å². The van der Waals surface area contributed by atoms with Crippen LogP contribution in [0.5, 0.6) is 0 Å². The van der Waals surface area contributed by atoms with Crippen molar-refractivity contribution in [3.05, 3.63) is 88.4 Å². The van der Waals surface area contributed by atoms with Crippen molar-refractivity contribution < 1.29 is 9.32 Å². The molecule has 1 spiro atoms. The summed E-state index contributed by atoms with van der Waals surface area (Å²) in [5, 5.41) is 19.2. The fraction of sp³-hybridized carbons (Fsp3) is 0.424. The van der Waals surface area contributed by atoms with Gasteiger partial charge in [-0.05, 0) is 86.6 Å². The molecule has 1 saturated heterocycles. The van der Waals surface area contributed by atoms with Crippen LogP contribution in [0.15, 0.2) is 54.7 Å². The Morgan fingerprint density at radius 1 is 1.17 bits per heavy atom. The molecule has 2 heterocycles. The fourth-order valence-corrected chi connectivity index (χ4v) is 6.84. The van der Waals surface area contributed by atoms with Crippen molar-refractivity contribution in [2.45, 2.75) is 70.3 Å². The Labute approximate surface area is 245 Å². The third kappa shape index (κ3) is 6.36. The van der Waals surface area contributed by atoms with Crippen LogP contribution in [0.1, 0.15) is 79.7 Å². The Hall–Kier alpha value is -3.56. The highest BCUT2D eigenvalue weighted by atomic mass is 32.2. The minimum absolute atomic E-state index is 0.0217. The Bertz CT molecular complexity index is 1540. The van der Waals surface area contributed by atoms with Crippen molar-refractivity contribution in [1.82, 2.24) is 14.7 Å². The fourth-order valence-electron chi connectivity index (χ4n) is 5.90. The number of nitriles is 1. The smallest absolute Gasteiger partial charge is 0.152 e. The van der Waals surface area contributed by atoms with E-state index in [1.165, 1.54) is 11.1 Å². The van der Waals surface area contributed by atoms with E-state index in [4.69, 9.17) is 5.26 Å². The Morgan fingerprint density at radius 2 is 1.95 bits per heavy atom. The maximum absolute atomic E-state index is 13.2.